The molecule has 9 nitrogen and oxygen atoms in total. The average molecular weight is 477 g/mol. The molecule has 0 unspecified atom stereocenters. The highest BCUT2D eigenvalue weighted by atomic mass is 16.5. The third-order valence-corrected chi connectivity index (χ3v) is 6.07. The predicted octanol–water partition coefficient (Wildman–Crippen LogP) is 3.26. The summed E-state index contributed by atoms with van der Waals surface area (Å²) >= 11 is 0. The maximum Gasteiger partial charge on any atom is 0.407 e. The summed E-state index contributed by atoms with van der Waals surface area (Å²) in [5.74, 6) is -1.93. The molecule has 0 radical (unpaired) electrons. The topological polar surface area (TPSA) is 123 Å². The van der Waals surface area contributed by atoms with Gasteiger partial charge in [-0.2, -0.15) is 0 Å². The fourth-order valence-electron chi connectivity index (χ4n) is 4.26. The fourth-order valence-corrected chi connectivity index (χ4v) is 4.26. The van der Waals surface area contributed by atoms with E-state index in [1.54, 1.807) is 18.4 Å². The number of carbonyl (C=O) groups excluding carboxylic acids is 2. The van der Waals surface area contributed by atoms with E-state index >= 15 is 0 Å². The Hall–Kier alpha value is -4.14. The fraction of sp³-hybridized carbons (Fsp3) is 0.308. The number of ether oxygens (including phenoxy) is 1. The van der Waals surface area contributed by atoms with Gasteiger partial charge in [-0.3, -0.25) is 4.79 Å². The number of fused-ring (bicyclic) bond motifs is 3. The molecule has 1 aliphatic rings. The SMILES string of the molecule is CC(C)[C@@H](NC(=O)c1cn(CCNC(=O)OCC2c3ccccc3-c3ccccc32)cn1)C(=O)O. The summed E-state index contributed by atoms with van der Waals surface area (Å²) < 4.78 is 7.16. The van der Waals surface area contributed by atoms with Gasteiger partial charge in [0.2, 0.25) is 0 Å². The summed E-state index contributed by atoms with van der Waals surface area (Å²) in [5.41, 5.74) is 4.74. The quantitative estimate of drug-likeness (QED) is 0.436. The maximum absolute atomic E-state index is 12.3. The van der Waals surface area contributed by atoms with Crippen LogP contribution in [0.25, 0.3) is 11.1 Å². The summed E-state index contributed by atoms with van der Waals surface area (Å²) in [6.45, 7) is 4.31. The van der Waals surface area contributed by atoms with Crippen molar-refractivity contribution in [2.45, 2.75) is 32.4 Å². The molecule has 9 heteroatoms. The minimum absolute atomic E-state index is 0.0108. The molecule has 0 saturated carbocycles. The molecule has 2 amide bonds. The lowest BCUT2D eigenvalue weighted by molar-refractivity contribution is -0.140. The van der Waals surface area contributed by atoms with Gasteiger partial charge in [-0.1, -0.05) is 62.4 Å². The van der Waals surface area contributed by atoms with Crippen LogP contribution >= 0.6 is 0 Å². The molecule has 1 aromatic heterocycles. The van der Waals surface area contributed by atoms with Crippen molar-refractivity contribution in [3.63, 3.8) is 0 Å². The number of aliphatic carboxylic acids is 1. The van der Waals surface area contributed by atoms with Crippen molar-refractivity contribution in [2.24, 2.45) is 5.92 Å². The molecule has 0 fully saturated rings. The van der Waals surface area contributed by atoms with Crippen molar-refractivity contribution < 1.29 is 24.2 Å². The van der Waals surface area contributed by atoms with Gasteiger partial charge in [0.15, 0.2) is 0 Å². The van der Waals surface area contributed by atoms with Crippen molar-refractivity contribution in [2.75, 3.05) is 13.2 Å². The second kappa shape index (κ2) is 10.4. The molecule has 1 aliphatic carbocycles. The Morgan fingerprint density at radius 1 is 1.06 bits per heavy atom. The highest BCUT2D eigenvalue weighted by Crippen LogP contribution is 2.44. The van der Waals surface area contributed by atoms with Crippen molar-refractivity contribution in [3.05, 3.63) is 77.9 Å². The third-order valence-electron chi connectivity index (χ3n) is 6.07. The molecule has 1 heterocycles. The van der Waals surface area contributed by atoms with Crippen LogP contribution in [0.15, 0.2) is 61.1 Å². The van der Waals surface area contributed by atoms with Crippen LogP contribution in [0.1, 0.15) is 41.4 Å². The molecule has 0 saturated heterocycles. The number of nitrogens with one attached hydrogen (secondary N) is 2. The molecule has 4 rings (SSSR count). The van der Waals surface area contributed by atoms with Crippen molar-refractivity contribution in [1.29, 1.82) is 0 Å². The number of hydrogen-bond donors (Lipinski definition) is 3. The molecule has 3 aromatic rings. The summed E-state index contributed by atoms with van der Waals surface area (Å²) in [7, 11) is 0. The summed E-state index contributed by atoms with van der Waals surface area (Å²) in [6.07, 6.45) is 2.44. The van der Waals surface area contributed by atoms with Crippen LogP contribution in [0, 0.1) is 5.92 Å². The number of hydrogen-bond acceptors (Lipinski definition) is 5. The van der Waals surface area contributed by atoms with Gasteiger partial charge in [-0.05, 0) is 28.2 Å². The molecular weight excluding hydrogens is 448 g/mol. The minimum Gasteiger partial charge on any atom is -0.480 e. The van der Waals surface area contributed by atoms with Crippen LogP contribution in [0.5, 0.6) is 0 Å². The van der Waals surface area contributed by atoms with Crippen LogP contribution in [0.3, 0.4) is 0 Å². The number of amides is 2. The first kappa shape index (κ1) is 24.0. The Bertz CT molecular complexity index is 1190. The first-order chi connectivity index (χ1) is 16.8. The summed E-state index contributed by atoms with van der Waals surface area (Å²) in [4.78, 5) is 39.9. The van der Waals surface area contributed by atoms with E-state index in [1.807, 2.05) is 24.3 Å². The van der Waals surface area contributed by atoms with Gasteiger partial charge in [0.05, 0.1) is 6.33 Å². The minimum atomic E-state index is -1.10. The second-order valence-electron chi connectivity index (χ2n) is 8.78. The largest absolute Gasteiger partial charge is 0.480 e. The molecule has 1 atom stereocenters. The lowest BCUT2D eigenvalue weighted by Crippen LogP contribution is -2.44. The Kier molecular flexibility index (Phi) is 7.14. The normalized spacial score (nSPS) is 13.1. The number of carboxylic acid groups (broad SMARTS) is 1. The zero-order valence-electron chi connectivity index (χ0n) is 19.6. The maximum atomic E-state index is 12.3. The Labute approximate surface area is 203 Å². The van der Waals surface area contributed by atoms with Gasteiger partial charge < -0.3 is 25.0 Å². The van der Waals surface area contributed by atoms with E-state index in [2.05, 4.69) is 39.9 Å². The van der Waals surface area contributed by atoms with Gasteiger partial charge in [-0.15, -0.1) is 0 Å². The van der Waals surface area contributed by atoms with E-state index in [0.717, 1.165) is 11.1 Å². The van der Waals surface area contributed by atoms with Gasteiger partial charge in [0.25, 0.3) is 5.91 Å². The number of benzene rings is 2. The predicted molar refractivity (Wildman–Crippen MR) is 129 cm³/mol. The van der Waals surface area contributed by atoms with Gasteiger partial charge in [0, 0.05) is 25.2 Å². The number of imidazole rings is 1. The second-order valence-corrected chi connectivity index (χ2v) is 8.78. The highest BCUT2D eigenvalue weighted by Gasteiger charge is 2.29. The Morgan fingerprint density at radius 2 is 1.69 bits per heavy atom. The smallest absolute Gasteiger partial charge is 0.407 e. The van der Waals surface area contributed by atoms with Crippen molar-refractivity contribution in [3.8, 4) is 11.1 Å². The van der Waals surface area contributed by atoms with Crippen LogP contribution in [-0.2, 0) is 16.1 Å². The van der Waals surface area contributed by atoms with Gasteiger partial charge in [-0.25, -0.2) is 14.6 Å². The van der Waals surface area contributed by atoms with Gasteiger partial charge >= 0.3 is 12.1 Å². The standard InChI is InChI=1S/C26H28N4O5/c1-16(2)23(25(32)33)29-24(31)22-13-30(15-28-22)12-11-27-26(34)35-14-21-19-9-5-3-7-17(19)18-8-4-6-10-20(18)21/h3-10,13,15-16,21,23H,11-12,14H2,1-2H3,(H,27,34)(H,29,31)(H,32,33)/t23-/m1/s1. The average Bonchev–Trinajstić information content (AvgIpc) is 3.44. The van der Waals surface area contributed by atoms with E-state index in [-0.39, 0.29) is 30.7 Å². The summed E-state index contributed by atoms with van der Waals surface area (Å²) in [6, 6.07) is 15.3. The molecule has 0 bridgehead atoms. The highest BCUT2D eigenvalue weighted by molar-refractivity contribution is 5.94. The van der Waals surface area contributed by atoms with E-state index < -0.39 is 24.0 Å². The van der Waals surface area contributed by atoms with Crippen LogP contribution in [0.2, 0.25) is 0 Å². The molecule has 0 spiro atoms. The molecular formula is C26H28N4O5. The van der Waals surface area contributed by atoms with E-state index in [4.69, 9.17) is 4.74 Å². The first-order valence-electron chi connectivity index (χ1n) is 11.5. The number of carboxylic acids is 1. The zero-order chi connectivity index (χ0) is 24.9. The molecule has 2 aromatic carbocycles. The van der Waals surface area contributed by atoms with Crippen LogP contribution in [0.4, 0.5) is 4.79 Å². The number of nitrogens with zero attached hydrogens (tertiary/aromatic N) is 2. The van der Waals surface area contributed by atoms with Crippen LogP contribution in [-0.4, -0.2) is 51.8 Å². The van der Waals surface area contributed by atoms with E-state index in [0.29, 0.717) is 6.54 Å². The van der Waals surface area contributed by atoms with Crippen molar-refractivity contribution in [1.82, 2.24) is 20.2 Å². The molecule has 182 valence electrons. The Balaban J connectivity index is 1.26. The first-order valence-corrected chi connectivity index (χ1v) is 11.5. The number of carbonyl (C=O) groups is 3. The number of rotatable bonds is 9. The van der Waals surface area contributed by atoms with Crippen LogP contribution < -0.4 is 10.6 Å². The van der Waals surface area contributed by atoms with E-state index in [1.165, 1.54) is 23.7 Å². The third kappa shape index (κ3) is 5.34. The molecule has 3 N–H and O–H groups in total. The van der Waals surface area contributed by atoms with E-state index in [9.17, 15) is 19.5 Å². The number of alkyl carbamates (subject to hydrolysis) is 1. The zero-order valence-corrected chi connectivity index (χ0v) is 19.6. The van der Waals surface area contributed by atoms with Gasteiger partial charge in [0.1, 0.15) is 18.3 Å². The Morgan fingerprint density at radius 3 is 2.29 bits per heavy atom. The molecule has 35 heavy (non-hydrogen) atoms. The number of aromatic nitrogens is 2. The van der Waals surface area contributed by atoms with Crippen molar-refractivity contribution >= 4 is 18.0 Å². The summed E-state index contributed by atoms with van der Waals surface area (Å²) in [5, 5.41) is 14.4. The lowest BCUT2D eigenvalue weighted by atomic mass is 9.98. The monoisotopic (exact) mass is 476 g/mol. The lowest BCUT2D eigenvalue weighted by Gasteiger charge is -2.16. The molecule has 0 aliphatic heterocycles.